The zero-order valence-electron chi connectivity index (χ0n) is 15.9. The van der Waals surface area contributed by atoms with Crippen molar-refractivity contribution in [2.24, 2.45) is 0 Å². The normalized spacial score (nSPS) is 13.3. The van der Waals surface area contributed by atoms with Crippen LogP contribution < -0.4 is 5.69 Å². The molecule has 0 aliphatic heterocycles. The largest absolute Gasteiger partial charge is 0.461 e. The number of fused-ring (bicyclic) bond motifs is 5. The second kappa shape index (κ2) is 6.50. The highest BCUT2D eigenvalue weighted by Crippen LogP contribution is 2.38. The summed E-state index contributed by atoms with van der Waals surface area (Å²) in [6.45, 7) is -0.0371. The third kappa shape index (κ3) is 2.50. The average molecular weight is 416 g/mol. The van der Waals surface area contributed by atoms with Crippen LogP contribution in [0.25, 0.3) is 27.4 Å². The maximum atomic E-state index is 13.4. The van der Waals surface area contributed by atoms with Crippen LogP contribution in [0.4, 0.5) is 0 Å². The number of nitrogens with zero attached hydrogens (tertiary/aromatic N) is 4. The lowest BCUT2D eigenvalue weighted by Gasteiger charge is -2.08. The van der Waals surface area contributed by atoms with E-state index in [-0.39, 0.29) is 18.0 Å². The predicted molar refractivity (Wildman–Crippen MR) is 113 cm³/mol. The van der Waals surface area contributed by atoms with E-state index in [9.17, 15) is 9.59 Å². The minimum atomic E-state index is -0.369. The molecule has 0 saturated heterocycles. The Hall–Kier alpha value is -3.52. The SMILES string of the molecule is O=C(Cn1c(=O)n2nc(-c3ccco3)nc2c2c3c(sc21)CCC3)c1ccccc1. The minimum Gasteiger partial charge on any atom is -0.461 e. The Bertz CT molecular complexity index is 1480. The van der Waals surface area contributed by atoms with Gasteiger partial charge in [0.05, 0.1) is 18.2 Å². The summed E-state index contributed by atoms with van der Waals surface area (Å²) in [5.41, 5.74) is 1.96. The zero-order chi connectivity index (χ0) is 20.2. The van der Waals surface area contributed by atoms with Crippen LogP contribution in [0.15, 0.2) is 57.9 Å². The molecule has 0 bridgehead atoms. The first-order chi connectivity index (χ1) is 14.7. The van der Waals surface area contributed by atoms with Gasteiger partial charge in [0.15, 0.2) is 17.2 Å². The third-order valence-electron chi connectivity index (χ3n) is 5.53. The molecule has 30 heavy (non-hydrogen) atoms. The summed E-state index contributed by atoms with van der Waals surface area (Å²) in [7, 11) is 0. The Balaban J connectivity index is 1.61. The number of carbonyl (C=O) groups excluding carboxylic acids is 1. The van der Waals surface area contributed by atoms with Crippen molar-refractivity contribution in [2.45, 2.75) is 25.8 Å². The lowest BCUT2D eigenvalue weighted by molar-refractivity contribution is 0.0972. The van der Waals surface area contributed by atoms with Crippen LogP contribution in [0.5, 0.6) is 0 Å². The second-order valence-electron chi connectivity index (χ2n) is 7.34. The van der Waals surface area contributed by atoms with E-state index in [4.69, 9.17) is 4.42 Å². The van der Waals surface area contributed by atoms with Gasteiger partial charge in [0.25, 0.3) is 0 Å². The molecule has 0 saturated carbocycles. The van der Waals surface area contributed by atoms with E-state index in [1.807, 2.05) is 18.2 Å². The maximum Gasteiger partial charge on any atom is 0.352 e. The van der Waals surface area contributed by atoms with Gasteiger partial charge in [0.2, 0.25) is 5.82 Å². The molecule has 4 aromatic heterocycles. The van der Waals surface area contributed by atoms with Gasteiger partial charge < -0.3 is 4.42 Å². The van der Waals surface area contributed by atoms with Crippen molar-refractivity contribution >= 4 is 33.0 Å². The number of furan rings is 1. The molecule has 0 spiro atoms. The Labute approximate surface area is 174 Å². The monoisotopic (exact) mass is 416 g/mol. The fourth-order valence-electron chi connectivity index (χ4n) is 4.13. The van der Waals surface area contributed by atoms with Gasteiger partial charge in [-0.2, -0.15) is 4.52 Å². The number of benzene rings is 1. The van der Waals surface area contributed by atoms with Crippen molar-refractivity contribution in [1.82, 2.24) is 19.2 Å². The number of hydrogen-bond donors (Lipinski definition) is 0. The molecule has 6 rings (SSSR count). The quantitative estimate of drug-likeness (QED) is 0.417. The molecule has 5 aromatic rings. The Kier molecular flexibility index (Phi) is 3.76. The molecule has 1 aliphatic carbocycles. The summed E-state index contributed by atoms with van der Waals surface area (Å²) in [6, 6.07) is 12.6. The van der Waals surface area contributed by atoms with Crippen molar-refractivity contribution in [1.29, 1.82) is 0 Å². The topological polar surface area (TPSA) is 82.4 Å². The number of aromatic nitrogens is 4. The van der Waals surface area contributed by atoms with Crippen molar-refractivity contribution in [3.05, 3.63) is 75.2 Å². The lowest BCUT2D eigenvalue weighted by atomic mass is 10.1. The molecule has 0 fully saturated rings. The van der Waals surface area contributed by atoms with Crippen LogP contribution >= 0.6 is 11.3 Å². The smallest absolute Gasteiger partial charge is 0.352 e. The van der Waals surface area contributed by atoms with Gasteiger partial charge in [0, 0.05) is 10.4 Å². The number of ketones is 1. The van der Waals surface area contributed by atoms with Gasteiger partial charge in [-0.15, -0.1) is 16.4 Å². The van der Waals surface area contributed by atoms with Crippen LogP contribution in [-0.4, -0.2) is 24.9 Å². The molecule has 148 valence electrons. The van der Waals surface area contributed by atoms with Gasteiger partial charge in [-0.3, -0.25) is 9.36 Å². The van der Waals surface area contributed by atoms with Crippen molar-refractivity contribution < 1.29 is 9.21 Å². The van der Waals surface area contributed by atoms with Gasteiger partial charge in [-0.25, -0.2) is 9.78 Å². The van der Waals surface area contributed by atoms with Gasteiger partial charge in [-0.1, -0.05) is 30.3 Å². The van der Waals surface area contributed by atoms with E-state index in [2.05, 4.69) is 10.1 Å². The fourth-order valence-corrected chi connectivity index (χ4v) is 5.50. The molecular formula is C22H16N4O3S. The van der Waals surface area contributed by atoms with Crippen LogP contribution in [0.3, 0.4) is 0 Å². The fraction of sp³-hybridized carbons (Fsp3) is 0.182. The number of thiophene rings is 1. The summed E-state index contributed by atoms with van der Waals surface area (Å²) in [5.74, 6) is 0.756. The Morgan fingerprint density at radius 2 is 2.00 bits per heavy atom. The first-order valence-corrected chi connectivity index (χ1v) is 10.6. The summed E-state index contributed by atoms with van der Waals surface area (Å²) < 4.78 is 8.28. The average Bonchev–Trinajstić information content (AvgIpc) is 3.54. The number of aryl methyl sites for hydroxylation is 2. The summed E-state index contributed by atoms with van der Waals surface area (Å²) in [6.07, 6.45) is 4.57. The number of Topliss-reactive ketones (excluding diaryl/α,β-unsaturated/α-hetero) is 1. The molecule has 1 aliphatic rings. The molecule has 7 nitrogen and oxygen atoms in total. The molecule has 0 atom stereocenters. The van der Waals surface area contributed by atoms with E-state index in [0.29, 0.717) is 22.8 Å². The molecule has 0 amide bonds. The minimum absolute atomic E-state index is 0.0371. The van der Waals surface area contributed by atoms with Gasteiger partial charge >= 0.3 is 5.69 Å². The molecule has 4 heterocycles. The Morgan fingerprint density at radius 1 is 1.13 bits per heavy atom. The van der Waals surface area contributed by atoms with Crippen LogP contribution in [0.2, 0.25) is 0 Å². The van der Waals surface area contributed by atoms with E-state index in [1.165, 1.54) is 15.0 Å². The predicted octanol–water partition coefficient (Wildman–Crippen LogP) is 3.74. The number of carbonyl (C=O) groups is 1. The molecular weight excluding hydrogens is 400 g/mol. The van der Waals surface area contributed by atoms with Crippen LogP contribution in [0.1, 0.15) is 27.2 Å². The van der Waals surface area contributed by atoms with Crippen molar-refractivity contribution in [3.8, 4) is 11.6 Å². The third-order valence-corrected chi connectivity index (χ3v) is 6.84. The Morgan fingerprint density at radius 3 is 2.80 bits per heavy atom. The van der Waals surface area contributed by atoms with E-state index in [1.54, 1.807) is 46.4 Å². The second-order valence-corrected chi connectivity index (χ2v) is 8.43. The molecule has 1 aromatic carbocycles. The first kappa shape index (κ1) is 17.3. The van der Waals surface area contributed by atoms with Gasteiger partial charge in [-0.05, 0) is 37.0 Å². The number of rotatable bonds is 4. The summed E-state index contributed by atoms with van der Waals surface area (Å²) in [4.78, 5) is 33.0. The van der Waals surface area contributed by atoms with E-state index in [0.717, 1.165) is 29.5 Å². The van der Waals surface area contributed by atoms with Crippen LogP contribution in [0, 0.1) is 0 Å². The highest BCUT2D eigenvalue weighted by Gasteiger charge is 2.26. The zero-order valence-corrected chi connectivity index (χ0v) is 16.7. The lowest BCUT2D eigenvalue weighted by Crippen LogP contribution is -2.30. The first-order valence-electron chi connectivity index (χ1n) is 9.76. The standard InChI is InChI=1S/C22H16N4O3S/c27-15(13-6-2-1-3-7-13)12-25-21-18(14-8-4-10-17(14)30-21)20-23-19(16-9-5-11-29-16)24-26(20)22(25)28/h1-3,5-7,9,11H,4,8,10,12H2. The van der Waals surface area contributed by atoms with Crippen LogP contribution in [-0.2, 0) is 19.4 Å². The highest BCUT2D eigenvalue weighted by atomic mass is 32.1. The molecule has 0 N–H and O–H groups in total. The molecule has 8 heteroatoms. The summed E-state index contributed by atoms with van der Waals surface area (Å²) in [5, 5.41) is 5.35. The van der Waals surface area contributed by atoms with Crippen molar-refractivity contribution in [3.63, 3.8) is 0 Å². The molecule has 0 unspecified atom stereocenters. The van der Waals surface area contributed by atoms with E-state index >= 15 is 0 Å². The van der Waals surface area contributed by atoms with E-state index < -0.39 is 0 Å². The maximum absolute atomic E-state index is 13.4. The molecule has 0 radical (unpaired) electrons. The van der Waals surface area contributed by atoms with Crippen molar-refractivity contribution in [2.75, 3.05) is 0 Å². The van der Waals surface area contributed by atoms with Gasteiger partial charge in [0.1, 0.15) is 4.83 Å². The highest BCUT2D eigenvalue weighted by molar-refractivity contribution is 7.19. The summed E-state index contributed by atoms with van der Waals surface area (Å²) >= 11 is 1.59. The number of hydrogen-bond acceptors (Lipinski definition) is 6.